The number of nitrogen functional groups attached to an aromatic ring is 1. The molecule has 0 bridgehead atoms. The van der Waals surface area contributed by atoms with Crippen molar-refractivity contribution in [3.8, 4) is 0 Å². The highest BCUT2D eigenvalue weighted by molar-refractivity contribution is 5.90. The highest BCUT2D eigenvalue weighted by Gasteiger charge is 2.24. The first-order valence-corrected chi connectivity index (χ1v) is 6.61. The van der Waals surface area contributed by atoms with Crippen molar-refractivity contribution >= 4 is 11.8 Å². The van der Waals surface area contributed by atoms with Gasteiger partial charge in [-0.25, -0.2) is 9.78 Å². The van der Waals surface area contributed by atoms with Gasteiger partial charge in [0, 0.05) is 6.20 Å². The van der Waals surface area contributed by atoms with Gasteiger partial charge < -0.3 is 10.5 Å². The molecule has 4 nitrogen and oxygen atoms in total. The van der Waals surface area contributed by atoms with Crippen LogP contribution < -0.4 is 5.73 Å². The molecule has 2 N–H and O–H groups in total. The maximum absolute atomic E-state index is 12.0. The zero-order valence-electron chi connectivity index (χ0n) is 10.8. The van der Waals surface area contributed by atoms with Crippen LogP contribution in [0, 0.1) is 5.92 Å². The summed E-state index contributed by atoms with van der Waals surface area (Å²) in [6, 6.07) is 3.20. The van der Waals surface area contributed by atoms with Crippen LogP contribution in [0.4, 0.5) is 5.82 Å². The van der Waals surface area contributed by atoms with Gasteiger partial charge in [-0.3, -0.25) is 0 Å². The second-order valence-electron chi connectivity index (χ2n) is 4.94. The monoisotopic (exact) mass is 248 g/mol. The summed E-state index contributed by atoms with van der Waals surface area (Å²) < 4.78 is 5.54. The molecule has 1 aromatic rings. The van der Waals surface area contributed by atoms with Gasteiger partial charge in [0.15, 0.2) is 0 Å². The van der Waals surface area contributed by atoms with E-state index in [4.69, 9.17) is 10.5 Å². The van der Waals surface area contributed by atoms with E-state index >= 15 is 0 Å². The maximum Gasteiger partial charge on any atom is 0.338 e. The number of carbonyl (C=O) groups excluding carboxylic acids is 1. The number of hydrogen-bond donors (Lipinski definition) is 1. The maximum atomic E-state index is 12.0. The first-order valence-electron chi connectivity index (χ1n) is 6.61. The van der Waals surface area contributed by atoms with Crippen LogP contribution in [0.2, 0.25) is 0 Å². The summed E-state index contributed by atoms with van der Waals surface area (Å²) in [5, 5.41) is 0. The van der Waals surface area contributed by atoms with Gasteiger partial charge in [-0.15, -0.1) is 0 Å². The number of rotatable bonds is 3. The number of aromatic nitrogens is 1. The Morgan fingerprint density at radius 1 is 1.56 bits per heavy atom. The van der Waals surface area contributed by atoms with Crippen LogP contribution in [0.15, 0.2) is 18.3 Å². The predicted octanol–water partition coefficient (Wildman–Crippen LogP) is 2.79. The average molecular weight is 248 g/mol. The lowest BCUT2D eigenvalue weighted by molar-refractivity contribution is 0.0140. The fourth-order valence-electron chi connectivity index (χ4n) is 2.51. The van der Waals surface area contributed by atoms with Gasteiger partial charge in [0.05, 0.1) is 5.56 Å². The summed E-state index contributed by atoms with van der Waals surface area (Å²) in [6.07, 6.45) is 7.12. The largest absolute Gasteiger partial charge is 0.459 e. The number of pyridine rings is 1. The van der Waals surface area contributed by atoms with E-state index in [2.05, 4.69) is 11.9 Å². The predicted molar refractivity (Wildman–Crippen MR) is 70.1 cm³/mol. The summed E-state index contributed by atoms with van der Waals surface area (Å²) in [5.74, 6) is 0.754. The van der Waals surface area contributed by atoms with Crippen molar-refractivity contribution in [2.75, 3.05) is 5.73 Å². The van der Waals surface area contributed by atoms with Gasteiger partial charge in [0.2, 0.25) is 0 Å². The lowest BCUT2D eigenvalue weighted by atomic mass is 9.85. The first kappa shape index (κ1) is 12.9. The van der Waals surface area contributed by atoms with Gasteiger partial charge >= 0.3 is 5.97 Å². The minimum absolute atomic E-state index is 0.0607. The second kappa shape index (κ2) is 5.85. The summed E-state index contributed by atoms with van der Waals surface area (Å²) in [4.78, 5) is 15.8. The molecule has 0 amide bonds. The molecule has 1 heterocycles. The molecule has 18 heavy (non-hydrogen) atoms. The van der Waals surface area contributed by atoms with E-state index in [1.807, 2.05) is 0 Å². The Balaban J connectivity index is 1.95. The number of anilines is 1. The molecule has 0 spiro atoms. The number of nitrogens with two attached hydrogens (primary N) is 1. The molecule has 2 unspecified atom stereocenters. The van der Waals surface area contributed by atoms with Gasteiger partial charge in [0.25, 0.3) is 0 Å². The normalized spacial score (nSPS) is 23.6. The Bertz CT molecular complexity index is 420. The Morgan fingerprint density at radius 3 is 3.11 bits per heavy atom. The smallest absolute Gasteiger partial charge is 0.338 e. The molecule has 1 aliphatic rings. The van der Waals surface area contributed by atoms with Gasteiger partial charge in [0.1, 0.15) is 11.9 Å². The molecule has 0 aromatic carbocycles. The van der Waals surface area contributed by atoms with Crippen LogP contribution in [-0.4, -0.2) is 17.1 Å². The SMILES string of the molecule is CCC1CCCC(OC(=O)c2ccnc(N)c2)C1. The zero-order valence-corrected chi connectivity index (χ0v) is 10.8. The van der Waals surface area contributed by atoms with Crippen molar-refractivity contribution in [1.82, 2.24) is 4.98 Å². The molecule has 0 aliphatic heterocycles. The molecule has 1 saturated carbocycles. The molecule has 2 rings (SSSR count). The first-order chi connectivity index (χ1) is 8.69. The molecular weight excluding hydrogens is 228 g/mol. The lowest BCUT2D eigenvalue weighted by Gasteiger charge is -2.28. The van der Waals surface area contributed by atoms with Gasteiger partial charge in [-0.1, -0.05) is 19.8 Å². The van der Waals surface area contributed by atoms with Crippen LogP contribution >= 0.6 is 0 Å². The van der Waals surface area contributed by atoms with E-state index in [1.165, 1.54) is 12.6 Å². The summed E-state index contributed by atoms with van der Waals surface area (Å²) >= 11 is 0. The molecule has 1 aliphatic carbocycles. The number of nitrogens with zero attached hydrogens (tertiary/aromatic N) is 1. The highest BCUT2D eigenvalue weighted by atomic mass is 16.5. The van der Waals surface area contributed by atoms with E-state index in [9.17, 15) is 4.79 Å². The third-order valence-corrected chi connectivity index (χ3v) is 3.60. The molecular formula is C14H20N2O2. The van der Waals surface area contributed by atoms with Crippen molar-refractivity contribution in [2.24, 2.45) is 5.92 Å². The Kier molecular flexibility index (Phi) is 4.18. The van der Waals surface area contributed by atoms with Crippen molar-refractivity contribution in [3.63, 3.8) is 0 Å². The van der Waals surface area contributed by atoms with E-state index < -0.39 is 0 Å². The fraction of sp³-hybridized carbons (Fsp3) is 0.571. The minimum Gasteiger partial charge on any atom is -0.459 e. The van der Waals surface area contributed by atoms with Crippen LogP contribution in [0.1, 0.15) is 49.4 Å². The summed E-state index contributed by atoms with van der Waals surface area (Å²) in [5.41, 5.74) is 6.04. The van der Waals surface area contributed by atoms with E-state index in [0.717, 1.165) is 25.7 Å². The quantitative estimate of drug-likeness (QED) is 0.835. The molecule has 1 aromatic heterocycles. The van der Waals surface area contributed by atoms with E-state index in [0.29, 0.717) is 17.3 Å². The number of esters is 1. The standard InChI is InChI=1S/C14H20N2O2/c1-2-10-4-3-5-12(8-10)18-14(17)11-6-7-16-13(15)9-11/h6-7,9-10,12H,2-5,8H2,1H3,(H2,15,16). The van der Waals surface area contributed by atoms with Crippen molar-refractivity contribution in [2.45, 2.75) is 45.1 Å². The second-order valence-corrected chi connectivity index (χ2v) is 4.94. The lowest BCUT2D eigenvalue weighted by Crippen LogP contribution is -2.25. The van der Waals surface area contributed by atoms with Gasteiger partial charge in [-0.05, 0) is 37.3 Å². The Morgan fingerprint density at radius 2 is 2.39 bits per heavy atom. The van der Waals surface area contributed by atoms with E-state index in [1.54, 1.807) is 12.1 Å². The van der Waals surface area contributed by atoms with Crippen LogP contribution in [0.25, 0.3) is 0 Å². The zero-order chi connectivity index (χ0) is 13.0. The molecule has 1 fully saturated rings. The molecule has 2 atom stereocenters. The van der Waals surface area contributed by atoms with Crippen LogP contribution in [0.5, 0.6) is 0 Å². The minimum atomic E-state index is -0.286. The number of hydrogen-bond acceptors (Lipinski definition) is 4. The van der Waals surface area contributed by atoms with Crippen molar-refractivity contribution in [3.05, 3.63) is 23.9 Å². The average Bonchev–Trinajstić information content (AvgIpc) is 2.39. The topological polar surface area (TPSA) is 65.2 Å². The van der Waals surface area contributed by atoms with E-state index in [-0.39, 0.29) is 12.1 Å². The molecule has 0 saturated heterocycles. The van der Waals surface area contributed by atoms with Crippen molar-refractivity contribution in [1.29, 1.82) is 0 Å². The number of ether oxygens (including phenoxy) is 1. The van der Waals surface area contributed by atoms with Crippen LogP contribution in [-0.2, 0) is 4.74 Å². The summed E-state index contributed by atoms with van der Waals surface area (Å²) in [7, 11) is 0. The third kappa shape index (κ3) is 3.22. The fourth-order valence-corrected chi connectivity index (χ4v) is 2.51. The molecule has 4 heteroatoms. The number of carbonyl (C=O) groups is 1. The molecule has 98 valence electrons. The van der Waals surface area contributed by atoms with Crippen molar-refractivity contribution < 1.29 is 9.53 Å². The molecule has 0 radical (unpaired) electrons. The van der Waals surface area contributed by atoms with Gasteiger partial charge in [-0.2, -0.15) is 0 Å². The summed E-state index contributed by atoms with van der Waals surface area (Å²) in [6.45, 7) is 2.19. The van der Waals surface area contributed by atoms with Crippen LogP contribution in [0.3, 0.4) is 0 Å². The highest BCUT2D eigenvalue weighted by Crippen LogP contribution is 2.28. The Labute approximate surface area is 108 Å². The Hall–Kier alpha value is -1.58. The third-order valence-electron chi connectivity index (χ3n) is 3.60.